The van der Waals surface area contributed by atoms with Crippen molar-refractivity contribution < 1.29 is 10.2 Å². The fraction of sp³-hybridized carbons (Fsp3) is 0.250. The Kier molecular flexibility index (Phi) is 6.59. The van der Waals surface area contributed by atoms with Crippen molar-refractivity contribution in [1.29, 1.82) is 0 Å². The second kappa shape index (κ2) is 9.33. The van der Waals surface area contributed by atoms with Crippen LogP contribution in [-0.4, -0.2) is 10.2 Å². The van der Waals surface area contributed by atoms with Gasteiger partial charge in [-0.05, 0) is 47.9 Å². The van der Waals surface area contributed by atoms with Crippen molar-refractivity contribution in [3.05, 3.63) is 107 Å². The van der Waals surface area contributed by atoms with Gasteiger partial charge in [0.05, 0.1) is 12.2 Å². The summed E-state index contributed by atoms with van der Waals surface area (Å²) in [4.78, 5) is 0. The van der Waals surface area contributed by atoms with E-state index in [2.05, 4.69) is 24.3 Å². The zero-order valence-corrected chi connectivity index (χ0v) is 15.0. The van der Waals surface area contributed by atoms with Gasteiger partial charge in [0.2, 0.25) is 0 Å². The van der Waals surface area contributed by atoms with Gasteiger partial charge in [-0.2, -0.15) is 0 Å². The van der Waals surface area contributed by atoms with E-state index in [-0.39, 0.29) is 0 Å². The third kappa shape index (κ3) is 5.04. The minimum Gasteiger partial charge on any atom is -0.388 e. The maximum absolute atomic E-state index is 10.7. The van der Waals surface area contributed by atoms with Gasteiger partial charge in [0.1, 0.15) is 0 Å². The molecule has 3 aromatic rings. The number of hydrogen-bond donors (Lipinski definition) is 2. The fourth-order valence-electron chi connectivity index (χ4n) is 3.32. The van der Waals surface area contributed by atoms with Crippen LogP contribution >= 0.6 is 0 Å². The van der Waals surface area contributed by atoms with E-state index in [1.54, 1.807) is 0 Å². The summed E-state index contributed by atoms with van der Waals surface area (Å²) < 4.78 is 0. The van der Waals surface area contributed by atoms with Gasteiger partial charge < -0.3 is 10.2 Å². The standard InChI is InChI=1S/C24H26O2/c25-23(17-15-19-9-3-1-4-10-19)21-13-7-8-14-22(21)24(26)18-16-20-11-5-2-6-12-20/h1-14,23-26H,15-18H2. The van der Waals surface area contributed by atoms with E-state index >= 15 is 0 Å². The Morgan fingerprint density at radius 1 is 0.500 bits per heavy atom. The van der Waals surface area contributed by atoms with Crippen molar-refractivity contribution in [2.24, 2.45) is 0 Å². The quantitative estimate of drug-likeness (QED) is 0.601. The van der Waals surface area contributed by atoms with Crippen molar-refractivity contribution in [3.8, 4) is 0 Å². The van der Waals surface area contributed by atoms with Crippen LogP contribution in [0.1, 0.15) is 47.3 Å². The Morgan fingerprint density at radius 2 is 0.846 bits per heavy atom. The van der Waals surface area contributed by atoms with E-state index in [0.717, 1.165) is 24.0 Å². The molecule has 0 heterocycles. The van der Waals surface area contributed by atoms with Gasteiger partial charge in [0.15, 0.2) is 0 Å². The van der Waals surface area contributed by atoms with E-state index in [1.165, 1.54) is 11.1 Å². The average molecular weight is 346 g/mol. The summed E-state index contributed by atoms with van der Waals surface area (Å²) in [6.07, 6.45) is 1.78. The van der Waals surface area contributed by atoms with Crippen LogP contribution in [0.2, 0.25) is 0 Å². The zero-order valence-electron chi connectivity index (χ0n) is 15.0. The number of hydrogen-bond acceptors (Lipinski definition) is 2. The predicted molar refractivity (Wildman–Crippen MR) is 106 cm³/mol. The molecule has 0 spiro atoms. The Bertz CT molecular complexity index is 715. The van der Waals surface area contributed by atoms with E-state index in [1.807, 2.05) is 60.7 Å². The maximum atomic E-state index is 10.7. The molecule has 2 heteroatoms. The average Bonchev–Trinajstić information content (AvgIpc) is 2.72. The Hall–Kier alpha value is -2.42. The summed E-state index contributed by atoms with van der Waals surface area (Å²) in [7, 11) is 0. The highest BCUT2D eigenvalue weighted by Crippen LogP contribution is 2.29. The molecule has 0 saturated heterocycles. The lowest BCUT2D eigenvalue weighted by molar-refractivity contribution is 0.144. The highest BCUT2D eigenvalue weighted by atomic mass is 16.3. The summed E-state index contributed by atoms with van der Waals surface area (Å²) >= 11 is 0. The lowest BCUT2D eigenvalue weighted by Crippen LogP contribution is -2.08. The molecule has 2 atom stereocenters. The Labute approximate surface area is 155 Å². The first-order chi connectivity index (χ1) is 12.7. The first-order valence-electron chi connectivity index (χ1n) is 9.27. The second-order valence-electron chi connectivity index (χ2n) is 6.71. The van der Waals surface area contributed by atoms with E-state index < -0.39 is 12.2 Å². The first-order valence-corrected chi connectivity index (χ1v) is 9.27. The molecule has 0 bridgehead atoms. The Morgan fingerprint density at radius 3 is 1.23 bits per heavy atom. The third-order valence-electron chi connectivity index (χ3n) is 4.81. The summed E-state index contributed by atoms with van der Waals surface area (Å²) in [5.74, 6) is 0. The van der Waals surface area contributed by atoms with E-state index in [9.17, 15) is 10.2 Å². The van der Waals surface area contributed by atoms with Crippen LogP contribution in [0.25, 0.3) is 0 Å². The molecule has 0 saturated carbocycles. The molecule has 2 unspecified atom stereocenters. The summed E-state index contributed by atoms with van der Waals surface area (Å²) in [5, 5.41) is 21.4. The molecule has 26 heavy (non-hydrogen) atoms. The lowest BCUT2D eigenvalue weighted by Gasteiger charge is -2.19. The monoisotopic (exact) mass is 346 g/mol. The highest BCUT2D eigenvalue weighted by molar-refractivity contribution is 5.31. The van der Waals surface area contributed by atoms with Gasteiger partial charge in [-0.25, -0.2) is 0 Å². The van der Waals surface area contributed by atoms with E-state index in [4.69, 9.17) is 0 Å². The van der Waals surface area contributed by atoms with Crippen LogP contribution in [0.4, 0.5) is 0 Å². The molecule has 0 aliphatic heterocycles. The van der Waals surface area contributed by atoms with Gasteiger partial charge in [0.25, 0.3) is 0 Å². The van der Waals surface area contributed by atoms with Crippen LogP contribution in [0.5, 0.6) is 0 Å². The minimum absolute atomic E-state index is 0.571. The van der Waals surface area contributed by atoms with Gasteiger partial charge >= 0.3 is 0 Å². The molecular formula is C24H26O2. The first kappa shape index (κ1) is 18.4. The van der Waals surface area contributed by atoms with Crippen LogP contribution in [-0.2, 0) is 12.8 Å². The Balaban J connectivity index is 1.64. The smallest absolute Gasteiger partial charge is 0.0796 e. The summed E-state index contributed by atoms with van der Waals surface area (Å²) in [5.41, 5.74) is 4.11. The van der Waals surface area contributed by atoms with Crippen molar-refractivity contribution in [3.63, 3.8) is 0 Å². The molecule has 134 valence electrons. The zero-order chi connectivity index (χ0) is 18.2. The third-order valence-corrected chi connectivity index (χ3v) is 4.81. The van der Waals surface area contributed by atoms with Gasteiger partial charge in [-0.1, -0.05) is 84.9 Å². The number of aliphatic hydroxyl groups excluding tert-OH is 2. The number of rotatable bonds is 8. The van der Waals surface area contributed by atoms with Crippen molar-refractivity contribution in [1.82, 2.24) is 0 Å². The van der Waals surface area contributed by atoms with Crippen molar-refractivity contribution in [2.45, 2.75) is 37.9 Å². The largest absolute Gasteiger partial charge is 0.388 e. The van der Waals surface area contributed by atoms with Crippen molar-refractivity contribution >= 4 is 0 Å². The van der Waals surface area contributed by atoms with Crippen LogP contribution in [0.3, 0.4) is 0 Å². The molecule has 0 aromatic heterocycles. The molecule has 0 aliphatic carbocycles. The topological polar surface area (TPSA) is 40.5 Å². The minimum atomic E-state index is -0.571. The molecule has 3 aromatic carbocycles. The highest BCUT2D eigenvalue weighted by Gasteiger charge is 2.17. The maximum Gasteiger partial charge on any atom is 0.0796 e. The van der Waals surface area contributed by atoms with Crippen LogP contribution in [0.15, 0.2) is 84.9 Å². The normalized spacial score (nSPS) is 13.3. The molecule has 0 aliphatic rings. The molecule has 3 rings (SSSR count). The molecule has 0 fully saturated rings. The lowest BCUT2D eigenvalue weighted by atomic mass is 9.92. The number of aliphatic hydroxyl groups is 2. The molecule has 0 radical (unpaired) electrons. The SMILES string of the molecule is OC(CCc1ccccc1)c1ccccc1C(O)CCc1ccccc1. The van der Waals surface area contributed by atoms with Gasteiger partial charge in [-0.15, -0.1) is 0 Å². The van der Waals surface area contributed by atoms with Crippen LogP contribution in [0, 0.1) is 0 Å². The second-order valence-corrected chi connectivity index (χ2v) is 6.71. The van der Waals surface area contributed by atoms with Crippen molar-refractivity contribution in [2.75, 3.05) is 0 Å². The molecule has 0 amide bonds. The molecular weight excluding hydrogens is 320 g/mol. The predicted octanol–water partition coefficient (Wildman–Crippen LogP) is 5.02. The summed E-state index contributed by atoms with van der Waals surface area (Å²) in [6, 6.07) is 28.1. The molecule has 2 nitrogen and oxygen atoms in total. The number of benzene rings is 3. The number of aryl methyl sites for hydroxylation is 2. The van der Waals surface area contributed by atoms with Crippen LogP contribution < -0.4 is 0 Å². The van der Waals surface area contributed by atoms with E-state index in [0.29, 0.717) is 12.8 Å². The van der Waals surface area contributed by atoms with Gasteiger partial charge in [0, 0.05) is 0 Å². The molecule has 2 N–H and O–H groups in total. The fourth-order valence-corrected chi connectivity index (χ4v) is 3.32. The summed E-state index contributed by atoms with van der Waals surface area (Å²) in [6.45, 7) is 0. The van der Waals surface area contributed by atoms with Gasteiger partial charge in [-0.3, -0.25) is 0 Å².